The molecule has 5 heteroatoms. The number of ether oxygens (including phenoxy) is 1. The molecule has 0 aliphatic rings. The van der Waals surface area contributed by atoms with Gasteiger partial charge in [-0.15, -0.1) is 0 Å². The fourth-order valence-corrected chi connectivity index (χ4v) is 1.22. The van der Waals surface area contributed by atoms with E-state index < -0.39 is 5.97 Å². The third kappa shape index (κ3) is 1.71. The molecule has 2 rings (SSSR count). The highest BCUT2D eigenvalue weighted by Crippen LogP contribution is 2.15. The first-order chi connectivity index (χ1) is 7.20. The Labute approximate surface area is 85.4 Å². The van der Waals surface area contributed by atoms with E-state index in [0.29, 0.717) is 16.9 Å². The van der Waals surface area contributed by atoms with E-state index >= 15 is 0 Å². The van der Waals surface area contributed by atoms with Crippen LogP contribution in [-0.2, 0) is 0 Å². The quantitative estimate of drug-likeness (QED) is 0.799. The van der Waals surface area contributed by atoms with Gasteiger partial charge in [-0.2, -0.15) is 0 Å². The number of hydrogen-bond donors (Lipinski definition) is 1. The average molecular weight is 204 g/mol. The lowest BCUT2D eigenvalue weighted by Crippen LogP contribution is -1.98. The van der Waals surface area contributed by atoms with Crippen molar-refractivity contribution in [3.8, 4) is 5.88 Å². The predicted molar refractivity (Wildman–Crippen MR) is 53.0 cm³/mol. The highest BCUT2D eigenvalue weighted by atomic mass is 16.5. The van der Waals surface area contributed by atoms with E-state index in [4.69, 9.17) is 9.84 Å². The standard InChI is InChI=1S/C10H8N2O3/c1-15-9-3-2-7-8(12-9)4-6(5-11-7)10(13)14/h2-5H,1H3,(H,13,14). The number of rotatable bonds is 2. The summed E-state index contributed by atoms with van der Waals surface area (Å²) in [5.74, 6) is -0.583. The molecule has 2 heterocycles. The highest BCUT2D eigenvalue weighted by molar-refractivity contribution is 5.91. The number of carboxylic acid groups (broad SMARTS) is 1. The van der Waals surface area contributed by atoms with Gasteiger partial charge in [-0.05, 0) is 12.1 Å². The Hall–Kier alpha value is -2.17. The Morgan fingerprint density at radius 2 is 2.20 bits per heavy atom. The van der Waals surface area contributed by atoms with Crippen molar-refractivity contribution >= 4 is 17.0 Å². The Morgan fingerprint density at radius 1 is 1.40 bits per heavy atom. The summed E-state index contributed by atoms with van der Waals surface area (Å²) in [4.78, 5) is 18.8. The van der Waals surface area contributed by atoms with Gasteiger partial charge in [-0.3, -0.25) is 4.98 Å². The molecule has 0 radical (unpaired) electrons. The molecule has 5 nitrogen and oxygen atoms in total. The molecular weight excluding hydrogens is 196 g/mol. The van der Waals surface area contributed by atoms with Crippen LogP contribution in [0.15, 0.2) is 24.4 Å². The molecule has 0 fully saturated rings. The van der Waals surface area contributed by atoms with Gasteiger partial charge in [0.1, 0.15) is 0 Å². The van der Waals surface area contributed by atoms with Crippen molar-refractivity contribution in [2.45, 2.75) is 0 Å². The fourth-order valence-electron chi connectivity index (χ4n) is 1.22. The van der Waals surface area contributed by atoms with Gasteiger partial charge in [0.15, 0.2) is 0 Å². The van der Waals surface area contributed by atoms with Crippen LogP contribution in [-0.4, -0.2) is 28.2 Å². The summed E-state index contributed by atoms with van der Waals surface area (Å²) in [6.07, 6.45) is 1.30. The number of carbonyl (C=O) groups is 1. The van der Waals surface area contributed by atoms with Gasteiger partial charge in [0.05, 0.1) is 23.7 Å². The number of methoxy groups -OCH3 is 1. The SMILES string of the molecule is COc1ccc2ncc(C(=O)O)cc2n1. The first-order valence-electron chi connectivity index (χ1n) is 4.25. The van der Waals surface area contributed by atoms with E-state index in [0.717, 1.165) is 0 Å². The maximum absolute atomic E-state index is 10.7. The second kappa shape index (κ2) is 3.53. The van der Waals surface area contributed by atoms with Gasteiger partial charge in [0, 0.05) is 12.3 Å². The predicted octanol–water partition coefficient (Wildman–Crippen LogP) is 1.34. The summed E-state index contributed by atoms with van der Waals surface area (Å²) >= 11 is 0. The van der Waals surface area contributed by atoms with E-state index in [-0.39, 0.29) is 5.56 Å². The van der Waals surface area contributed by atoms with Crippen molar-refractivity contribution in [1.29, 1.82) is 0 Å². The minimum Gasteiger partial charge on any atom is -0.481 e. The normalized spacial score (nSPS) is 10.2. The van der Waals surface area contributed by atoms with E-state index in [2.05, 4.69) is 9.97 Å². The molecule has 0 aromatic carbocycles. The van der Waals surface area contributed by atoms with Gasteiger partial charge >= 0.3 is 5.97 Å². The number of nitrogens with zero attached hydrogens (tertiary/aromatic N) is 2. The summed E-state index contributed by atoms with van der Waals surface area (Å²) in [6, 6.07) is 4.87. The molecule has 2 aromatic heterocycles. The summed E-state index contributed by atoms with van der Waals surface area (Å²) < 4.78 is 4.94. The molecule has 1 N–H and O–H groups in total. The van der Waals surface area contributed by atoms with Gasteiger partial charge in [0.25, 0.3) is 0 Å². The lowest BCUT2D eigenvalue weighted by atomic mass is 10.2. The van der Waals surface area contributed by atoms with Crippen LogP contribution in [0.1, 0.15) is 10.4 Å². The van der Waals surface area contributed by atoms with E-state index in [9.17, 15) is 4.79 Å². The lowest BCUT2D eigenvalue weighted by Gasteiger charge is -2.01. The minimum absolute atomic E-state index is 0.114. The number of aromatic carboxylic acids is 1. The number of pyridine rings is 2. The molecule has 0 saturated heterocycles. The van der Waals surface area contributed by atoms with Crippen LogP contribution in [0, 0.1) is 0 Å². The Morgan fingerprint density at radius 3 is 2.87 bits per heavy atom. The summed E-state index contributed by atoms with van der Waals surface area (Å²) in [6.45, 7) is 0. The molecule has 2 aromatic rings. The van der Waals surface area contributed by atoms with Crippen molar-refractivity contribution in [3.63, 3.8) is 0 Å². The first kappa shape index (κ1) is 9.39. The maximum Gasteiger partial charge on any atom is 0.337 e. The molecule has 0 aliphatic heterocycles. The monoisotopic (exact) mass is 204 g/mol. The number of hydrogen-bond acceptors (Lipinski definition) is 4. The summed E-state index contributed by atoms with van der Waals surface area (Å²) in [7, 11) is 1.50. The van der Waals surface area contributed by atoms with Crippen LogP contribution in [0.25, 0.3) is 11.0 Å². The van der Waals surface area contributed by atoms with Crippen molar-refractivity contribution in [2.75, 3.05) is 7.11 Å². The maximum atomic E-state index is 10.7. The smallest absolute Gasteiger partial charge is 0.337 e. The second-order valence-corrected chi connectivity index (χ2v) is 2.92. The van der Waals surface area contributed by atoms with Crippen molar-refractivity contribution in [2.24, 2.45) is 0 Å². The van der Waals surface area contributed by atoms with Gasteiger partial charge < -0.3 is 9.84 Å². The van der Waals surface area contributed by atoms with Crippen molar-refractivity contribution in [3.05, 3.63) is 30.0 Å². The minimum atomic E-state index is -1.02. The third-order valence-electron chi connectivity index (χ3n) is 1.97. The summed E-state index contributed by atoms with van der Waals surface area (Å²) in [5.41, 5.74) is 1.26. The lowest BCUT2D eigenvalue weighted by molar-refractivity contribution is 0.0696. The molecule has 0 atom stereocenters. The third-order valence-corrected chi connectivity index (χ3v) is 1.97. The summed E-state index contributed by atoms with van der Waals surface area (Å²) in [5, 5.41) is 8.77. The van der Waals surface area contributed by atoms with Crippen molar-refractivity contribution < 1.29 is 14.6 Å². The molecule has 76 valence electrons. The fraction of sp³-hybridized carbons (Fsp3) is 0.100. The van der Waals surface area contributed by atoms with E-state index in [1.165, 1.54) is 19.4 Å². The number of carboxylic acids is 1. The molecule has 0 bridgehead atoms. The molecule has 0 unspecified atom stereocenters. The Balaban J connectivity index is 2.62. The van der Waals surface area contributed by atoms with Crippen LogP contribution < -0.4 is 4.74 Å². The average Bonchev–Trinajstić information content (AvgIpc) is 2.27. The zero-order valence-electron chi connectivity index (χ0n) is 7.97. The molecule has 0 aliphatic carbocycles. The van der Waals surface area contributed by atoms with Gasteiger partial charge in [0.2, 0.25) is 5.88 Å². The first-order valence-corrected chi connectivity index (χ1v) is 4.25. The van der Waals surface area contributed by atoms with Gasteiger partial charge in [-0.25, -0.2) is 9.78 Å². The molecule has 15 heavy (non-hydrogen) atoms. The topological polar surface area (TPSA) is 72.3 Å². The molecule has 0 spiro atoms. The second-order valence-electron chi connectivity index (χ2n) is 2.92. The molecule has 0 saturated carbocycles. The van der Waals surface area contributed by atoms with Crippen LogP contribution in [0.4, 0.5) is 0 Å². The number of fused-ring (bicyclic) bond motifs is 1. The Bertz CT molecular complexity index is 525. The van der Waals surface area contributed by atoms with E-state index in [1.807, 2.05) is 0 Å². The van der Waals surface area contributed by atoms with Crippen LogP contribution in [0.3, 0.4) is 0 Å². The van der Waals surface area contributed by atoms with Crippen LogP contribution >= 0.6 is 0 Å². The van der Waals surface area contributed by atoms with Crippen LogP contribution in [0.2, 0.25) is 0 Å². The Kier molecular flexibility index (Phi) is 2.21. The van der Waals surface area contributed by atoms with Gasteiger partial charge in [-0.1, -0.05) is 0 Å². The molecular formula is C10H8N2O3. The van der Waals surface area contributed by atoms with Crippen molar-refractivity contribution in [1.82, 2.24) is 9.97 Å². The van der Waals surface area contributed by atoms with Crippen LogP contribution in [0.5, 0.6) is 5.88 Å². The largest absolute Gasteiger partial charge is 0.481 e. The zero-order chi connectivity index (χ0) is 10.8. The zero-order valence-corrected chi connectivity index (χ0v) is 7.97. The number of aromatic nitrogens is 2. The molecule has 0 amide bonds. The van der Waals surface area contributed by atoms with E-state index in [1.54, 1.807) is 12.1 Å². The highest BCUT2D eigenvalue weighted by Gasteiger charge is 2.06.